The first-order chi connectivity index (χ1) is 14.0. The van der Waals surface area contributed by atoms with Gasteiger partial charge in [-0.1, -0.05) is 24.3 Å². The molecule has 1 fully saturated rings. The molecule has 1 amide bonds. The van der Waals surface area contributed by atoms with Crippen LogP contribution in [-0.2, 0) is 34.0 Å². The Morgan fingerprint density at radius 2 is 1.43 bits per heavy atom. The second kappa shape index (κ2) is 8.75. The lowest BCUT2D eigenvalue weighted by Crippen LogP contribution is -2.48. The van der Waals surface area contributed by atoms with Crippen molar-refractivity contribution in [3.05, 3.63) is 65.2 Å². The summed E-state index contributed by atoms with van der Waals surface area (Å²) in [4.78, 5) is 16.3. The van der Waals surface area contributed by atoms with Crippen LogP contribution in [-0.4, -0.2) is 50.3 Å². The maximum atomic E-state index is 12.6. The van der Waals surface area contributed by atoms with Gasteiger partial charge in [0, 0.05) is 32.7 Å². The number of hydrogen-bond acceptors (Lipinski definition) is 4. The van der Waals surface area contributed by atoms with Crippen LogP contribution in [0, 0.1) is 0 Å². The van der Waals surface area contributed by atoms with Crippen molar-refractivity contribution in [2.45, 2.75) is 24.0 Å². The molecule has 1 saturated heterocycles. The summed E-state index contributed by atoms with van der Waals surface area (Å²) in [5.41, 5.74) is 0.816. The Labute approximate surface area is 173 Å². The van der Waals surface area contributed by atoms with Crippen LogP contribution in [0.1, 0.15) is 16.7 Å². The third-order valence-corrected chi connectivity index (χ3v) is 5.95. The minimum Gasteiger partial charge on any atom is -0.340 e. The highest BCUT2D eigenvalue weighted by Crippen LogP contribution is 2.29. The van der Waals surface area contributed by atoms with Crippen molar-refractivity contribution < 1.29 is 26.4 Å². The van der Waals surface area contributed by atoms with Crippen molar-refractivity contribution >= 4 is 15.9 Å². The number of sulfonamides is 1. The Kier molecular flexibility index (Phi) is 6.49. The number of alkyl halides is 3. The van der Waals surface area contributed by atoms with Gasteiger partial charge in [-0.15, -0.1) is 0 Å². The van der Waals surface area contributed by atoms with E-state index >= 15 is 0 Å². The molecular weight excluding hydrogens is 419 g/mol. The van der Waals surface area contributed by atoms with Crippen LogP contribution in [0.25, 0.3) is 0 Å². The predicted molar refractivity (Wildman–Crippen MR) is 105 cm³/mol. The molecule has 10 heteroatoms. The number of hydrogen-bond donors (Lipinski definition) is 1. The molecule has 1 aliphatic heterocycles. The van der Waals surface area contributed by atoms with Crippen molar-refractivity contribution in [1.82, 2.24) is 9.80 Å². The monoisotopic (exact) mass is 441 g/mol. The van der Waals surface area contributed by atoms with E-state index in [1.807, 2.05) is 0 Å². The zero-order valence-corrected chi connectivity index (χ0v) is 16.9. The summed E-state index contributed by atoms with van der Waals surface area (Å²) >= 11 is 0. The number of carbonyl (C=O) groups excluding carboxylic acids is 1. The Hall–Kier alpha value is -2.43. The summed E-state index contributed by atoms with van der Waals surface area (Å²) < 4.78 is 60.5. The molecular formula is C20H22F3N3O3S. The topological polar surface area (TPSA) is 83.7 Å². The van der Waals surface area contributed by atoms with Crippen molar-refractivity contribution in [3.63, 3.8) is 0 Å². The van der Waals surface area contributed by atoms with Gasteiger partial charge in [-0.3, -0.25) is 9.69 Å². The summed E-state index contributed by atoms with van der Waals surface area (Å²) in [5.74, 6) is -0.0625. The molecule has 0 radical (unpaired) electrons. The molecule has 1 aliphatic rings. The highest BCUT2D eigenvalue weighted by Gasteiger charge is 2.30. The fraction of sp³-hybridized carbons (Fsp3) is 0.350. The van der Waals surface area contributed by atoms with Crippen molar-refractivity contribution in [2.75, 3.05) is 26.2 Å². The van der Waals surface area contributed by atoms with Gasteiger partial charge in [0.2, 0.25) is 15.9 Å². The number of rotatable bonds is 5. The fourth-order valence-electron chi connectivity index (χ4n) is 3.30. The number of amides is 1. The van der Waals surface area contributed by atoms with Crippen molar-refractivity contribution in [2.24, 2.45) is 5.14 Å². The zero-order valence-electron chi connectivity index (χ0n) is 16.1. The van der Waals surface area contributed by atoms with Crippen LogP contribution in [0.4, 0.5) is 13.2 Å². The van der Waals surface area contributed by atoms with E-state index in [-0.39, 0.29) is 17.2 Å². The first kappa shape index (κ1) is 22.3. The molecule has 0 atom stereocenters. The molecule has 0 bridgehead atoms. The number of carbonyl (C=O) groups is 1. The lowest BCUT2D eigenvalue weighted by molar-refractivity contribution is -0.137. The second-order valence-electron chi connectivity index (χ2n) is 7.22. The lowest BCUT2D eigenvalue weighted by atomic mass is 10.1. The minimum atomic E-state index is -4.34. The van der Waals surface area contributed by atoms with Crippen LogP contribution in [0.3, 0.4) is 0 Å². The Morgan fingerprint density at radius 1 is 0.900 bits per heavy atom. The quantitative estimate of drug-likeness (QED) is 0.772. The van der Waals surface area contributed by atoms with E-state index in [9.17, 15) is 26.4 Å². The highest BCUT2D eigenvalue weighted by molar-refractivity contribution is 7.89. The smallest absolute Gasteiger partial charge is 0.340 e. The Balaban J connectivity index is 1.49. The van der Waals surface area contributed by atoms with E-state index in [2.05, 4.69) is 4.90 Å². The summed E-state index contributed by atoms with van der Waals surface area (Å²) in [6.45, 7) is 2.81. The molecule has 3 rings (SSSR count). The lowest BCUT2D eigenvalue weighted by Gasteiger charge is -2.35. The van der Waals surface area contributed by atoms with Gasteiger partial charge in [0.25, 0.3) is 0 Å². The Morgan fingerprint density at radius 3 is 1.93 bits per heavy atom. The van der Waals surface area contributed by atoms with Gasteiger partial charge in [0.15, 0.2) is 0 Å². The third-order valence-electron chi connectivity index (χ3n) is 5.02. The van der Waals surface area contributed by atoms with Gasteiger partial charge in [-0.2, -0.15) is 13.2 Å². The fourth-order valence-corrected chi connectivity index (χ4v) is 3.81. The first-order valence-electron chi connectivity index (χ1n) is 9.30. The normalized spacial score (nSPS) is 15.9. The van der Waals surface area contributed by atoms with Gasteiger partial charge < -0.3 is 4.90 Å². The maximum absolute atomic E-state index is 12.6. The SMILES string of the molecule is NS(=O)(=O)c1ccc(CC(=O)N2CCN(Cc3ccc(C(F)(F)F)cc3)CC2)cc1. The third kappa shape index (κ3) is 5.80. The van der Waals surface area contributed by atoms with Crippen LogP contribution in [0.15, 0.2) is 53.4 Å². The summed E-state index contributed by atoms with van der Waals surface area (Å²) in [7, 11) is -3.77. The molecule has 0 unspecified atom stereocenters. The summed E-state index contributed by atoms with van der Waals surface area (Å²) in [6.07, 6.45) is -4.19. The van der Waals surface area contributed by atoms with Crippen molar-refractivity contribution in [1.29, 1.82) is 0 Å². The van der Waals surface area contributed by atoms with Crippen LogP contribution in [0.5, 0.6) is 0 Å². The van der Waals surface area contributed by atoms with Gasteiger partial charge >= 0.3 is 6.18 Å². The molecule has 2 aromatic rings. The molecule has 0 aromatic heterocycles. The van der Waals surface area contributed by atoms with Crippen LogP contribution < -0.4 is 5.14 Å². The first-order valence-corrected chi connectivity index (χ1v) is 10.8. The largest absolute Gasteiger partial charge is 0.416 e. The van der Waals surface area contributed by atoms with E-state index in [4.69, 9.17) is 5.14 Å². The van der Waals surface area contributed by atoms with Crippen LogP contribution >= 0.6 is 0 Å². The molecule has 6 nitrogen and oxygen atoms in total. The number of nitrogens with two attached hydrogens (primary N) is 1. The standard InChI is InChI=1S/C20H22F3N3O3S/c21-20(22,23)17-5-1-16(2-6-17)14-25-9-11-26(12-10-25)19(27)13-15-3-7-18(8-4-15)30(24,28)29/h1-8H,9-14H2,(H2,24,28,29). The molecule has 1 heterocycles. The minimum absolute atomic E-state index is 0.00409. The number of nitrogens with zero attached hydrogens (tertiary/aromatic N) is 2. The van der Waals surface area contributed by atoms with Gasteiger partial charge in [0.05, 0.1) is 16.9 Å². The number of halogens is 3. The highest BCUT2D eigenvalue weighted by atomic mass is 32.2. The Bertz CT molecular complexity index is 983. The molecule has 0 saturated carbocycles. The van der Waals surface area contributed by atoms with E-state index in [0.29, 0.717) is 38.3 Å². The van der Waals surface area contributed by atoms with E-state index in [0.717, 1.165) is 17.7 Å². The van der Waals surface area contributed by atoms with E-state index < -0.39 is 21.8 Å². The molecule has 162 valence electrons. The van der Waals surface area contributed by atoms with Gasteiger partial charge in [-0.05, 0) is 35.4 Å². The predicted octanol–water partition coefficient (Wildman–Crippen LogP) is 2.24. The molecule has 30 heavy (non-hydrogen) atoms. The zero-order chi connectivity index (χ0) is 21.9. The molecule has 0 aliphatic carbocycles. The molecule has 0 spiro atoms. The molecule has 2 aromatic carbocycles. The number of benzene rings is 2. The summed E-state index contributed by atoms with van der Waals surface area (Å²) in [6, 6.07) is 11.0. The van der Waals surface area contributed by atoms with E-state index in [1.54, 1.807) is 17.0 Å². The average Bonchev–Trinajstić information content (AvgIpc) is 2.68. The number of piperazine rings is 1. The summed E-state index contributed by atoms with van der Waals surface area (Å²) in [5, 5.41) is 5.06. The van der Waals surface area contributed by atoms with E-state index in [1.165, 1.54) is 24.3 Å². The molecule has 2 N–H and O–H groups in total. The second-order valence-corrected chi connectivity index (χ2v) is 8.78. The van der Waals surface area contributed by atoms with Gasteiger partial charge in [0.1, 0.15) is 0 Å². The average molecular weight is 441 g/mol. The maximum Gasteiger partial charge on any atom is 0.416 e. The van der Waals surface area contributed by atoms with Gasteiger partial charge in [-0.25, -0.2) is 13.6 Å². The number of primary sulfonamides is 1. The van der Waals surface area contributed by atoms with Crippen molar-refractivity contribution in [3.8, 4) is 0 Å². The van der Waals surface area contributed by atoms with Crippen LogP contribution in [0.2, 0.25) is 0 Å².